The summed E-state index contributed by atoms with van der Waals surface area (Å²) in [5.41, 5.74) is 0. The van der Waals surface area contributed by atoms with Gasteiger partial charge in [0.1, 0.15) is 0 Å². The van der Waals surface area contributed by atoms with Gasteiger partial charge in [-0.05, 0) is 0 Å². The quantitative estimate of drug-likeness (QED) is 0.388. The van der Waals surface area contributed by atoms with Crippen molar-refractivity contribution in [3.8, 4) is 0 Å². The van der Waals surface area contributed by atoms with Crippen LogP contribution >= 0.6 is 0 Å². The standard InChI is InChI=1S/C6H14B2O/c1-3-5-7-9-8-6-4-2/h3-6H2,1-2H3. The minimum atomic E-state index is 1.06. The molecule has 0 unspecified atom stereocenters. The molecular formula is C6H14B2O. The highest BCUT2D eigenvalue weighted by atomic mass is 16.4. The molecule has 0 aromatic rings. The van der Waals surface area contributed by atoms with Gasteiger partial charge in [-0.2, -0.15) is 0 Å². The van der Waals surface area contributed by atoms with E-state index in [2.05, 4.69) is 13.8 Å². The van der Waals surface area contributed by atoms with Gasteiger partial charge in [0.05, 0.1) is 0 Å². The molecule has 0 N–H and O–H groups in total. The summed E-state index contributed by atoms with van der Waals surface area (Å²) in [7, 11) is 3.71. The molecule has 0 atom stereocenters. The molecule has 0 saturated heterocycles. The molecule has 50 valence electrons. The van der Waals surface area contributed by atoms with Gasteiger partial charge in [-0.1, -0.05) is 39.3 Å². The fourth-order valence-electron chi connectivity index (χ4n) is 0.440. The first-order valence-corrected chi connectivity index (χ1v) is 3.70. The van der Waals surface area contributed by atoms with Crippen LogP contribution in [-0.4, -0.2) is 15.0 Å². The molecule has 0 heterocycles. The van der Waals surface area contributed by atoms with Crippen LogP contribution in [0, 0.1) is 0 Å². The van der Waals surface area contributed by atoms with Crippen LogP contribution in [-0.2, 0) is 4.57 Å². The highest BCUT2D eigenvalue weighted by Crippen LogP contribution is 1.89. The monoisotopic (exact) mass is 124 g/mol. The average molecular weight is 124 g/mol. The summed E-state index contributed by atoms with van der Waals surface area (Å²) in [6, 6.07) is 0. The first-order valence-electron chi connectivity index (χ1n) is 3.70. The lowest BCUT2D eigenvalue weighted by molar-refractivity contribution is 0.628. The maximum absolute atomic E-state index is 5.06. The minimum absolute atomic E-state index is 1.06. The van der Waals surface area contributed by atoms with Gasteiger partial charge in [0.2, 0.25) is 0 Å². The third-order valence-electron chi connectivity index (χ3n) is 1.01. The molecule has 0 rings (SSSR count). The minimum Gasteiger partial charge on any atom is -0.506 e. The van der Waals surface area contributed by atoms with Crippen molar-refractivity contribution in [3.05, 3.63) is 0 Å². The van der Waals surface area contributed by atoms with E-state index in [9.17, 15) is 0 Å². The fourth-order valence-corrected chi connectivity index (χ4v) is 0.440. The van der Waals surface area contributed by atoms with Crippen molar-refractivity contribution in [2.45, 2.75) is 39.3 Å². The summed E-state index contributed by atoms with van der Waals surface area (Å²) in [6.07, 6.45) is 4.44. The van der Waals surface area contributed by atoms with E-state index in [0.29, 0.717) is 0 Å². The van der Waals surface area contributed by atoms with Gasteiger partial charge >= 0.3 is 0 Å². The predicted molar refractivity (Wildman–Crippen MR) is 42.8 cm³/mol. The van der Waals surface area contributed by atoms with Gasteiger partial charge in [0.15, 0.2) is 0 Å². The molecule has 2 radical (unpaired) electrons. The molecular weight excluding hydrogens is 110 g/mol. The van der Waals surface area contributed by atoms with E-state index in [0.717, 1.165) is 12.6 Å². The maximum atomic E-state index is 5.06. The molecule has 0 aromatic heterocycles. The molecule has 0 spiro atoms. The van der Waals surface area contributed by atoms with E-state index >= 15 is 0 Å². The van der Waals surface area contributed by atoms with Crippen molar-refractivity contribution in [1.29, 1.82) is 0 Å². The van der Waals surface area contributed by atoms with E-state index in [-0.39, 0.29) is 0 Å². The Labute approximate surface area is 59.7 Å². The molecule has 0 aliphatic heterocycles. The van der Waals surface area contributed by atoms with Crippen molar-refractivity contribution in [3.63, 3.8) is 0 Å². The Morgan fingerprint density at radius 3 is 1.78 bits per heavy atom. The maximum Gasteiger partial charge on any atom is 0.272 e. The summed E-state index contributed by atoms with van der Waals surface area (Å²) >= 11 is 0. The zero-order chi connectivity index (χ0) is 6.95. The average Bonchev–Trinajstić information content (AvgIpc) is 1.89. The van der Waals surface area contributed by atoms with Crippen molar-refractivity contribution >= 4 is 15.0 Å². The SMILES string of the molecule is CCC[B]O[B]CCC. The van der Waals surface area contributed by atoms with Crippen LogP contribution < -0.4 is 0 Å². The molecule has 0 aromatic carbocycles. The number of hydrogen-bond acceptors (Lipinski definition) is 1. The van der Waals surface area contributed by atoms with Crippen LogP contribution in [0.1, 0.15) is 26.7 Å². The Balaban J connectivity index is 2.60. The molecule has 0 amide bonds. The third kappa shape index (κ3) is 8.09. The highest BCUT2D eigenvalue weighted by Gasteiger charge is 1.90. The molecule has 0 fully saturated rings. The van der Waals surface area contributed by atoms with Crippen LogP contribution in [0.15, 0.2) is 0 Å². The Hall–Kier alpha value is 0.0899. The lowest BCUT2D eigenvalue weighted by atomic mass is 9.85. The lowest BCUT2D eigenvalue weighted by Gasteiger charge is -1.96. The summed E-state index contributed by atoms with van der Waals surface area (Å²) in [5, 5.41) is 0. The fraction of sp³-hybridized carbons (Fsp3) is 1.00. The van der Waals surface area contributed by atoms with Gasteiger partial charge in [0.25, 0.3) is 15.0 Å². The Bertz CT molecular complexity index is 44.3. The topological polar surface area (TPSA) is 9.23 Å². The number of rotatable bonds is 6. The van der Waals surface area contributed by atoms with Gasteiger partial charge in [-0.3, -0.25) is 0 Å². The molecule has 3 heteroatoms. The number of hydrogen-bond donors (Lipinski definition) is 0. The molecule has 1 nitrogen and oxygen atoms in total. The molecule has 0 saturated carbocycles. The van der Waals surface area contributed by atoms with E-state index in [4.69, 9.17) is 4.57 Å². The molecule has 0 bridgehead atoms. The van der Waals surface area contributed by atoms with E-state index in [1.807, 2.05) is 15.0 Å². The molecule has 9 heavy (non-hydrogen) atoms. The lowest BCUT2D eigenvalue weighted by Crippen LogP contribution is -2.02. The zero-order valence-electron chi connectivity index (χ0n) is 6.39. The first kappa shape index (κ1) is 9.09. The normalized spacial score (nSPS) is 9.11. The van der Waals surface area contributed by atoms with E-state index in [1.165, 1.54) is 12.8 Å². The molecule has 0 aliphatic carbocycles. The predicted octanol–water partition coefficient (Wildman–Crippen LogP) is 1.90. The first-order chi connectivity index (χ1) is 4.41. The van der Waals surface area contributed by atoms with Crippen molar-refractivity contribution in [2.75, 3.05) is 0 Å². The van der Waals surface area contributed by atoms with Crippen LogP contribution in [0.2, 0.25) is 12.6 Å². The summed E-state index contributed by atoms with van der Waals surface area (Å²) < 4.78 is 5.06. The third-order valence-corrected chi connectivity index (χ3v) is 1.01. The second kappa shape index (κ2) is 8.09. The van der Waals surface area contributed by atoms with Crippen molar-refractivity contribution in [1.82, 2.24) is 0 Å². The Kier molecular flexibility index (Phi) is 8.17. The van der Waals surface area contributed by atoms with Gasteiger partial charge < -0.3 is 4.57 Å². The Morgan fingerprint density at radius 2 is 1.44 bits per heavy atom. The van der Waals surface area contributed by atoms with Crippen LogP contribution in [0.3, 0.4) is 0 Å². The zero-order valence-corrected chi connectivity index (χ0v) is 6.39. The second-order valence-electron chi connectivity index (χ2n) is 2.05. The van der Waals surface area contributed by atoms with Crippen LogP contribution in [0.4, 0.5) is 0 Å². The Morgan fingerprint density at radius 1 is 1.00 bits per heavy atom. The largest absolute Gasteiger partial charge is 0.506 e. The van der Waals surface area contributed by atoms with E-state index in [1.54, 1.807) is 0 Å². The van der Waals surface area contributed by atoms with Gasteiger partial charge in [0, 0.05) is 0 Å². The van der Waals surface area contributed by atoms with Gasteiger partial charge in [-0.15, -0.1) is 0 Å². The van der Waals surface area contributed by atoms with Crippen molar-refractivity contribution < 1.29 is 4.57 Å². The van der Waals surface area contributed by atoms with Gasteiger partial charge in [-0.25, -0.2) is 0 Å². The van der Waals surface area contributed by atoms with Crippen LogP contribution in [0.25, 0.3) is 0 Å². The van der Waals surface area contributed by atoms with Crippen molar-refractivity contribution in [2.24, 2.45) is 0 Å². The summed E-state index contributed by atoms with van der Waals surface area (Å²) in [5.74, 6) is 0. The summed E-state index contributed by atoms with van der Waals surface area (Å²) in [6.45, 7) is 4.28. The second-order valence-corrected chi connectivity index (χ2v) is 2.05. The molecule has 0 aliphatic rings. The van der Waals surface area contributed by atoms with E-state index < -0.39 is 0 Å². The van der Waals surface area contributed by atoms with Crippen LogP contribution in [0.5, 0.6) is 0 Å². The highest BCUT2D eigenvalue weighted by molar-refractivity contribution is 6.42. The summed E-state index contributed by atoms with van der Waals surface area (Å²) in [4.78, 5) is 0. The smallest absolute Gasteiger partial charge is 0.272 e.